The van der Waals surface area contributed by atoms with E-state index in [4.69, 9.17) is 15.7 Å². The largest absolute Gasteiger partial charge is 0.396 e. The smallest absolute Gasteiger partial charge is 0.277 e. The van der Waals surface area contributed by atoms with Gasteiger partial charge in [-0.3, -0.25) is 9.63 Å². The summed E-state index contributed by atoms with van der Waals surface area (Å²) in [7, 11) is 0. The monoisotopic (exact) mass is 256 g/mol. The van der Waals surface area contributed by atoms with E-state index in [1.165, 1.54) is 18.2 Å². The normalized spacial score (nSPS) is 11.3. The first kappa shape index (κ1) is 14.4. The van der Waals surface area contributed by atoms with Crippen molar-refractivity contribution < 1.29 is 19.1 Å². The fourth-order valence-corrected chi connectivity index (χ4v) is 1.13. The highest BCUT2D eigenvalue weighted by Crippen LogP contribution is 2.16. The molecule has 100 valence electrons. The van der Waals surface area contributed by atoms with E-state index >= 15 is 0 Å². The van der Waals surface area contributed by atoms with Crippen LogP contribution >= 0.6 is 0 Å². The van der Waals surface area contributed by atoms with Gasteiger partial charge in [0, 0.05) is 5.41 Å². The van der Waals surface area contributed by atoms with Gasteiger partial charge in [-0.15, -0.1) is 0 Å². The first-order chi connectivity index (χ1) is 8.37. The van der Waals surface area contributed by atoms with Crippen molar-refractivity contribution >= 4 is 11.6 Å². The highest BCUT2D eigenvalue weighted by Gasteiger charge is 2.18. The highest BCUT2D eigenvalue weighted by atomic mass is 19.1. The Morgan fingerprint density at radius 3 is 2.83 bits per heavy atom. The third kappa shape index (κ3) is 3.68. The molecule has 0 aliphatic rings. The van der Waals surface area contributed by atoms with Gasteiger partial charge in [-0.05, 0) is 12.1 Å². The Kier molecular flexibility index (Phi) is 4.63. The lowest BCUT2D eigenvalue weighted by Crippen LogP contribution is -2.32. The van der Waals surface area contributed by atoms with E-state index in [0.717, 1.165) is 0 Å². The molecule has 4 N–H and O–H groups in total. The van der Waals surface area contributed by atoms with Gasteiger partial charge in [0.1, 0.15) is 5.82 Å². The van der Waals surface area contributed by atoms with Crippen LogP contribution in [0, 0.1) is 11.2 Å². The maximum atomic E-state index is 13.1. The number of carbonyl (C=O) groups is 1. The second kappa shape index (κ2) is 5.79. The average molecular weight is 256 g/mol. The molecule has 0 bridgehead atoms. The minimum absolute atomic E-state index is 0.0109. The van der Waals surface area contributed by atoms with Crippen LogP contribution in [0.25, 0.3) is 0 Å². The number of anilines is 1. The van der Waals surface area contributed by atoms with Crippen LogP contribution in [-0.2, 0) is 4.84 Å². The predicted octanol–water partition coefficient (Wildman–Crippen LogP) is 1.09. The third-order valence-electron chi connectivity index (χ3n) is 2.35. The SMILES string of the molecule is CC(C)(CO)CONC(=O)c1cccc(F)c1N. The van der Waals surface area contributed by atoms with Crippen molar-refractivity contribution in [2.75, 3.05) is 18.9 Å². The fraction of sp³-hybridized carbons (Fsp3) is 0.417. The van der Waals surface area contributed by atoms with Crippen LogP contribution in [0.15, 0.2) is 18.2 Å². The number of hydrogen-bond donors (Lipinski definition) is 3. The number of nitrogens with two attached hydrogens (primary N) is 1. The second-order valence-corrected chi connectivity index (χ2v) is 4.74. The molecule has 1 amide bonds. The number of amides is 1. The summed E-state index contributed by atoms with van der Waals surface area (Å²) in [5.74, 6) is -1.28. The Bertz CT molecular complexity index is 435. The number of hydroxylamine groups is 1. The molecular weight excluding hydrogens is 239 g/mol. The summed E-state index contributed by atoms with van der Waals surface area (Å²) in [5, 5.41) is 8.99. The molecular formula is C12H17FN2O3. The molecule has 0 spiro atoms. The number of benzene rings is 1. The lowest BCUT2D eigenvalue weighted by atomic mass is 9.97. The molecule has 0 aliphatic heterocycles. The quantitative estimate of drug-likeness (QED) is 0.544. The van der Waals surface area contributed by atoms with Crippen LogP contribution in [-0.4, -0.2) is 24.2 Å². The Labute approximate surface area is 105 Å². The van der Waals surface area contributed by atoms with E-state index in [-0.39, 0.29) is 24.5 Å². The number of halogens is 1. The summed E-state index contributed by atoms with van der Waals surface area (Å²) in [6.45, 7) is 3.60. The molecule has 0 heterocycles. The van der Waals surface area contributed by atoms with E-state index in [2.05, 4.69) is 5.48 Å². The molecule has 0 aliphatic carbocycles. The molecule has 1 aromatic rings. The van der Waals surface area contributed by atoms with Crippen LogP contribution in [0.4, 0.5) is 10.1 Å². The number of nitrogen functional groups attached to an aromatic ring is 1. The van der Waals surface area contributed by atoms with Gasteiger partial charge < -0.3 is 10.8 Å². The number of aliphatic hydroxyl groups is 1. The second-order valence-electron chi connectivity index (χ2n) is 4.74. The number of aliphatic hydroxyl groups excluding tert-OH is 1. The van der Waals surface area contributed by atoms with Gasteiger partial charge in [-0.1, -0.05) is 19.9 Å². The summed E-state index contributed by atoms with van der Waals surface area (Å²) in [6, 6.07) is 3.95. The molecule has 6 heteroatoms. The third-order valence-corrected chi connectivity index (χ3v) is 2.35. The number of nitrogens with one attached hydrogen (secondary N) is 1. The lowest BCUT2D eigenvalue weighted by molar-refractivity contribution is -0.0197. The molecule has 0 radical (unpaired) electrons. The van der Waals surface area contributed by atoms with Crippen LogP contribution in [0.3, 0.4) is 0 Å². The maximum absolute atomic E-state index is 13.1. The van der Waals surface area contributed by atoms with Gasteiger partial charge in [-0.2, -0.15) is 0 Å². The molecule has 0 unspecified atom stereocenters. The standard InChI is InChI=1S/C12H17FN2O3/c1-12(2,6-16)7-18-15-11(17)8-4-3-5-9(13)10(8)14/h3-5,16H,6-7,14H2,1-2H3,(H,15,17). The molecule has 5 nitrogen and oxygen atoms in total. The summed E-state index contributed by atoms with van der Waals surface area (Å²) in [4.78, 5) is 16.6. The molecule has 0 saturated heterocycles. The van der Waals surface area contributed by atoms with Gasteiger partial charge in [-0.25, -0.2) is 9.87 Å². The van der Waals surface area contributed by atoms with Gasteiger partial charge in [0.25, 0.3) is 5.91 Å². The number of para-hydroxylation sites is 1. The van der Waals surface area contributed by atoms with Gasteiger partial charge in [0.2, 0.25) is 0 Å². The maximum Gasteiger partial charge on any atom is 0.277 e. The highest BCUT2D eigenvalue weighted by molar-refractivity contribution is 5.98. The minimum Gasteiger partial charge on any atom is -0.396 e. The van der Waals surface area contributed by atoms with Gasteiger partial charge in [0.05, 0.1) is 24.5 Å². The molecule has 0 saturated carbocycles. The zero-order valence-corrected chi connectivity index (χ0v) is 10.4. The molecule has 1 aromatic carbocycles. The number of hydrogen-bond acceptors (Lipinski definition) is 4. The Hall–Kier alpha value is -1.66. The van der Waals surface area contributed by atoms with Crippen molar-refractivity contribution in [2.24, 2.45) is 5.41 Å². The van der Waals surface area contributed by atoms with Crippen molar-refractivity contribution in [3.05, 3.63) is 29.6 Å². The topological polar surface area (TPSA) is 84.6 Å². The molecule has 0 atom stereocenters. The molecule has 0 fully saturated rings. The predicted molar refractivity (Wildman–Crippen MR) is 65.1 cm³/mol. The van der Waals surface area contributed by atoms with Crippen molar-refractivity contribution in [1.29, 1.82) is 0 Å². The zero-order chi connectivity index (χ0) is 13.8. The first-order valence-corrected chi connectivity index (χ1v) is 5.44. The van der Waals surface area contributed by atoms with Crippen molar-refractivity contribution in [3.8, 4) is 0 Å². The summed E-state index contributed by atoms with van der Waals surface area (Å²) in [6.07, 6.45) is 0. The molecule has 0 aromatic heterocycles. The average Bonchev–Trinajstić information content (AvgIpc) is 2.32. The van der Waals surface area contributed by atoms with E-state index in [9.17, 15) is 9.18 Å². The Morgan fingerprint density at radius 2 is 2.22 bits per heavy atom. The van der Waals surface area contributed by atoms with Gasteiger partial charge in [0.15, 0.2) is 0 Å². The first-order valence-electron chi connectivity index (χ1n) is 5.44. The number of carbonyl (C=O) groups excluding carboxylic acids is 1. The summed E-state index contributed by atoms with van der Waals surface area (Å²) in [5.41, 5.74) is 6.91. The van der Waals surface area contributed by atoms with Crippen LogP contribution < -0.4 is 11.2 Å². The van der Waals surface area contributed by atoms with Crippen LogP contribution in [0.2, 0.25) is 0 Å². The van der Waals surface area contributed by atoms with Gasteiger partial charge >= 0.3 is 0 Å². The molecule has 18 heavy (non-hydrogen) atoms. The van der Waals surface area contributed by atoms with E-state index in [1.54, 1.807) is 13.8 Å². The van der Waals surface area contributed by atoms with Crippen LogP contribution in [0.5, 0.6) is 0 Å². The van der Waals surface area contributed by atoms with Crippen molar-refractivity contribution in [3.63, 3.8) is 0 Å². The van der Waals surface area contributed by atoms with Crippen molar-refractivity contribution in [2.45, 2.75) is 13.8 Å². The van der Waals surface area contributed by atoms with Crippen molar-refractivity contribution in [1.82, 2.24) is 5.48 Å². The number of rotatable bonds is 5. The molecule has 1 rings (SSSR count). The van der Waals surface area contributed by atoms with E-state index < -0.39 is 17.1 Å². The Morgan fingerprint density at radius 1 is 1.56 bits per heavy atom. The van der Waals surface area contributed by atoms with E-state index in [0.29, 0.717) is 0 Å². The van der Waals surface area contributed by atoms with E-state index in [1.807, 2.05) is 0 Å². The Balaban J connectivity index is 2.59. The van der Waals surface area contributed by atoms with Crippen LogP contribution in [0.1, 0.15) is 24.2 Å². The summed E-state index contributed by atoms with van der Waals surface area (Å²) >= 11 is 0. The fourth-order valence-electron chi connectivity index (χ4n) is 1.13. The summed E-state index contributed by atoms with van der Waals surface area (Å²) < 4.78 is 13.1. The zero-order valence-electron chi connectivity index (χ0n) is 10.4. The lowest BCUT2D eigenvalue weighted by Gasteiger charge is -2.20. The minimum atomic E-state index is -0.654.